The number of hydrogen-bond donors (Lipinski definition) is 1. The Morgan fingerprint density at radius 1 is 1.18 bits per heavy atom. The summed E-state index contributed by atoms with van der Waals surface area (Å²) < 4.78 is 42.1. The molecule has 0 atom stereocenters. The molecule has 0 radical (unpaired) electrons. The maximum Gasteiger partial charge on any atom is 0.339 e. The number of halogens is 1. The lowest BCUT2D eigenvalue weighted by Crippen LogP contribution is -2.14. The van der Waals surface area contributed by atoms with Crippen molar-refractivity contribution in [1.82, 2.24) is 0 Å². The van der Waals surface area contributed by atoms with E-state index in [1.54, 1.807) is 25.1 Å². The molecule has 0 heterocycles. The van der Waals surface area contributed by atoms with E-state index in [2.05, 4.69) is 5.32 Å². The summed E-state index contributed by atoms with van der Waals surface area (Å²) in [5, 5.41) is 23.4. The zero-order chi connectivity index (χ0) is 28.7. The maximum absolute atomic E-state index is 12.9. The molecule has 0 bridgehead atoms. The van der Waals surface area contributed by atoms with E-state index >= 15 is 0 Å². The van der Waals surface area contributed by atoms with Gasteiger partial charge >= 0.3 is 10.1 Å². The molecule has 1 amide bonds. The number of nitrogens with zero attached hydrogens (tertiary/aromatic N) is 2. The number of benzene rings is 3. The highest BCUT2D eigenvalue weighted by molar-refractivity contribution is 14.1. The van der Waals surface area contributed by atoms with E-state index in [9.17, 15) is 28.6 Å². The van der Waals surface area contributed by atoms with Crippen molar-refractivity contribution in [2.45, 2.75) is 18.7 Å². The number of hydrogen-bond acceptors (Lipinski definition) is 9. The van der Waals surface area contributed by atoms with Gasteiger partial charge in [0.1, 0.15) is 28.0 Å². The molecule has 0 spiro atoms. The first-order chi connectivity index (χ1) is 18.5. The van der Waals surface area contributed by atoms with Crippen molar-refractivity contribution in [3.05, 3.63) is 85.0 Å². The molecule has 3 aromatic carbocycles. The molecule has 0 aliphatic heterocycles. The van der Waals surface area contributed by atoms with E-state index in [0.717, 1.165) is 11.6 Å². The molecule has 202 valence electrons. The van der Waals surface area contributed by atoms with Crippen LogP contribution in [0.15, 0.2) is 65.1 Å². The van der Waals surface area contributed by atoms with Gasteiger partial charge in [-0.1, -0.05) is 17.7 Å². The maximum atomic E-state index is 12.9. The number of anilines is 1. The Morgan fingerprint density at radius 3 is 2.46 bits per heavy atom. The van der Waals surface area contributed by atoms with Gasteiger partial charge in [-0.2, -0.15) is 13.7 Å². The molecule has 0 aliphatic carbocycles. The second kappa shape index (κ2) is 12.6. The van der Waals surface area contributed by atoms with E-state index in [4.69, 9.17) is 13.7 Å². The topological polar surface area (TPSA) is 158 Å². The summed E-state index contributed by atoms with van der Waals surface area (Å²) in [5.74, 6) is -0.636. The number of rotatable bonds is 10. The number of nitro groups is 1. The average molecular weight is 663 g/mol. The third-order valence-electron chi connectivity index (χ3n) is 5.16. The van der Waals surface area contributed by atoms with Crippen molar-refractivity contribution in [1.29, 1.82) is 5.26 Å². The van der Waals surface area contributed by atoms with E-state index < -0.39 is 26.6 Å². The van der Waals surface area contributed by atoms with Crippen LogP contribution in [0.3, 0.4) is 0 Å². The predicted molar refractivity (Wildman–Crippen MR) is 151 cm³/mol. The lowest BCUT2D eigenvalue weighted by atomic mass is 10.1. The Bertz CT molecular complexity index is 1600. The van der Waals surface area contributed by atoms with Crippen molar-refractivity contribution in [3.8, 4) is 23.3 Å². The van der Waals surface area contributed by atoms with Crippen LogP contribution in [0.25, 0.3) is 6.08 Å². The largest absolute Gasteiger partial charge is 0.496 e. The second-order valence-electron chi connectivity index (χ2n) is 7.88. The Hall–Kier alpha value is -4.16. The molecule has 0 saturated heterocycles. The van der Waals surface area contributed by atoms with Crippen LogP contribution in [0.1, 0.15) is 18.1 Å². The van der Waals surface area contributed by atoms with E-state index in [1.165, 1.54) is 49.6 Å². The van der Waals surface area contributed by atoms with E-state index in [0.29, 0.717) is 9.13 Å². The summed E-state index contributed by atoms with van der Waals surface area (Å²) >= 11 is 1.86. The van der Waals surface area contributed by atoms with Gasteiger partial charge in [0.05, 0.1) is 28.3 Å². The minimum absolute atomic E-state index is 0.0358. The third-order valence-corrected chi connectivity index (χ3v) is 7.20. The fourth-order valence-electron chi connectivity index (χ4n) is 3.28. The highest BCUT2D eigenvalue weighted by Gasteiger charge is 2.23. The van der Waals surface area contributed by atoms with Gasteiger partial charge in [-0.05, 0) is 84.5 Å². The van der Waals surface area contributed by atoms with Crippen LogP contribution >= 0.6 is 22.6 Å². The van der Waals surface area contributed by atoms with Crippen LogP contribution in [0.4, 0.5) is 11.4 Å². The van der Waals surface area contributed by atoms with Gasteiger partial charge in [-0.15, -0.1) is 0 Å². The molecular formula is C26H22IN3O8S. The van der Waals surface area contributed by atoms with Crippen molar-refractivity contribution in [3.63, 3.8) is 0 Å². The summed E-state index contributed by atoms with van der Waals surface area (Å²) in [5.41, 5.74) is 0.317. The highest BCUT2D eigenvalue weighted by Crippen LogP contribution is 2.37. The summed E-state index contributed by atoms with van der Waals surface area (Å²) in [4.78, 5) is 23.5. The van der Waals surface area contributed by atoms with E-state index in [-0.39, 0.29) is 40.0 Å². The van der Waals surface area contributed by atoms with Gasteiger partial charge in [-0.3, -0.25) is 14.9 Å². The summed E-state index contributed by atoms with van der Waals surface area (Å²) in [7, 11) is -2.83. The standard InChI is InChI=1S/C26H22IN3O8S/c1-4-37-24-13-17(12-21(27)25(24)38-39(34,35)20-8-5-16(2)6-9-20)11-18(15-28)26(31)29-22-10-7-19(36-3)14-23(22)30(32)33/h5-14H,4H2,1-3H3,(H,29,31)/b18-11+. The number of carbonyl (C=O) groups excluding carboxylic acids is 1. The molecule has 0 saturated carbocycles. The van der Waals surface area contributed by atoms with Crippen molar-refractivity contribution < 1.29 is 31.8 Å². The number of amides is 1. The molecule has 0 unspecified atom stereocenters. The number of nitriles is 1. The molecule has 3 aromatic rings. The molecule has 0 aromatic heterocycles. The summed E-state index contributed by atoms with van der Waals surface area (Å²) in [6.45, 7) is 3.70. The minimum atomic E-state index is -4.18. The smallest absolute Gasteiger partial charge is 0.339 e. The van der Waals surface area contributed by atoms with Crippen LogP contribution in [0.5, 0.6) is 17.2 Å². The summed E-state index contributed by atoms with van der Waals surface area (Å²) in [6.07, 6.45) is 1.24. The monoisotopic (exact) mass is 663 g/mol. The van der Waals surface area contributed by atoms with Gasteiger partial charge in [0, 0.05) is 0 Å². The second-order valence-corrected chi connectivity index (χ2v) is 10.6. The Balaban J connectivity index is 1.95. The SMILES string of the molecule is CCOc1cc(/C=C(\C#N)C(=O)Nc2ccc(OC)cc2[N+](=O)[O-])cc(I)c1OS(=O)(=O)c1ccc(C)cc1. The lowest BCUT2D eigenvalue weighted by Gasteiger charge is -2.15. The zero-order valence-electron chi connectivity index (χ0n) is 20.9. The average Bonchev–Trinajstić information content (AvgIpc) is 2.89. The number of methoxy groups -OCH3 is 1. The normalized spacial score (nSPS) is 11.3. The highest BCUT2D eigenvalue weighted by atomic mass is 127. The number of ether oxygens (including phenoxy) is 2. The Morgan fingerprint density at radius 2 is 1.87 bits per heavy atom. The van der Waals surface area contributed by atoms with Gasteiger partial charge in [0.25, 0.3) is 11.6 Å². The van der Waals surface area contributed by atoms with Crippen LogP contribution in [0, 0.1) is 31.9 Å². The molecule has 0 fully saturated rings. The quantitative estimate of drug-likeness (QED) is 0.0766. The minimum Gasteiger partial charge on any atom is -0.496 e. The molecule has 13 heteroatoms. The molecular weight excluding hydrogens is 641 g/mol. The van der Waals surface area contributed by atoms with E-state index in [1.807, 2.05) is 29.5 Å². The molecule has 11 nitrogen and oxygen atoms in total. The zero-order valence-corrected chi connectivity index (χ0v) is 23.9. The van der Waals surface area contributed by atoms with Crippen molar-refractivity contribution in [2.24, 2.45) is 0 Å². The first kappa shape index (κ1) is 29.4. The number of aryl methyl sites for hydroxylation is 1. The number of nitrogens with one attached hydrogen (secondary N) is 1. The first-order valence-corrected chi connectivity index (χ1v) is 13.7. The molecule has 3 rings (SSSR count). The fraction of sp³-hybridized carbons (Fsp3) is 0.154. The number of carbonyl (C=O) groups is 1. The Kier molecular flexibility index (Phi) is 9.49. The predicted octanol–water partition coefficient (Wildman–Crippen LogP) is 5.23. The van der Waals surface area contributed by atoms with Crippen molar-refractivity contribution in [2.75, 3.05) is 19.0 Å². The lowest BCUT2D eigenvalue weighted by molar-refractivity contribution is -0.384. The number of nitro benzene ring substituents is 1. The molecule has 1 N–H and O–H groups in total. The summed E-state index contributed by atoms with van der Waals surface area (Å²) in [6, 6.07) is 14.7. The fourth-order valence-corrected chi connectivity index (χ4v) is 5.12. The molecule has 0 aliphatic rings. The van der Waals surface area contributed by atoms with Gasteiger partial charge in [0.15, 0.2) is 11.5 Å². The van der Waals surface area contributed by atoms with Gasteiger partial charge < -0.3 is 19.0 Å². The van der Waals surface area contributed by atoms with Crippen LogP contribution < -0.4 is 19.0 Å². The van der Waals surface area contributed by atoms with Crippen LogP contribution in [-0.4, -0.2) is 33.0 Å². The van der Waals surface area contributed by atoms with Crippen LogP contribution in [0.2, 0.25) is 0 Å². The van der Waals surface area contributed by atoms with Gasteiger partial charge in [0.2, 0.25) is 0 Å². The van der Waals surface area contributed by atoms with Crippen LogP contribution in [-0.2, 0) is 14.9 Å². The van der Waals surface area contributed by atoms with Gasteiger partial charge in [-0.25, -0.2) is 0 Å². The Labute approximate surface area is 238 Å². The third kappa shape index (κ3) is 7.24. The van der Waals surface area contributed by atoms with Crippen molar-refractivity contribution >= 4 is 56.1 Å². The molecule has 39 heavy (non-hydrogen) atoms. The first-order valence-electron chi connectivity index (χ1n) is 11.2.